The molecule has 2 rings (SSSR count). The molecule has 1 aliphatic heterocycles. The van der Waals surface area contributed by atoms with Crippen LogP contribution < -0.4 is 0 Å². The zero-order valence-corrected chi connectivity index (χ0v) is 19.9. The molecule has 30 heavy (non-hydrogen) atoms. The number of hydrogen-bond acceptors (Lipinski definition) is 6. The molecule has 7 nitrogen and oxygen atoms in total. The van der Waals surface area contributed by atoms with E-state index in [1.165, 1.54) is 0 Å². The predicted octanol–water partition coefficient (Wildman–Crippen LogP) is 4.39. The normalized spacial score (nSPS) is 18.2. The Hall–Kier alpha value is -1.64. The van der Waals surface area contributed by atoms with Crippen molar-refractivity contribution in [1.82, 2.24) is 4.90 Å². The molecule has 172 valence electrons. The first-order valence-corrected chi connectivity index (χ1v) is 12.4. The summed E-state index contributed by atoms with van der Waals surface area (Å²) in [5.41, 5.74) is 0.459. The van der Waals surface area contributed by atoms with Gasteiger partial charge in [0.15, 0.2) is 0 Å². The van der Waals surface area contributed by atoms with Crippen molar-refractivity contribution in [3.05, 3.63) is 35.9 Å². The monoisotopic (exact) mass is 443 g/mol. The number of likely N-dealkylation sites (tertiary alicyclic amines) is 1. The number of rotatable bonds is 7. The zero-order valence-electron chi connectivity index (χ0n) is 19.1. The van der Waals surface area contributed by atoms with E-state index in [1.54, 1.807) is 4.90 Å². The first-order valence-electron chi connectivity index (χ1n) is 10.5. The number of nitrogens with zero attached hydrogens (tertiary/aromatic N) is 1. The van der Waals surface area contributed by atoms with E-state index in [1.807, 2.05) is 65.0 Å². The highest BCUT2D eigenvalue weighted by Crippen LogP contribution is 2.33. The van der Waals surface area contributed by atoms with Gasteiger partial charge in [-0.05, 0) is 39.2 Å². The van der Waals surface area contributed by atoms with E-state index >= 15 is 0 Å². The summed E-state index contributed by atoms with van der Waals surface area (Å²) in [5.74, 6) is 0.0851. The molecule has 1 aliphatic rings. The van der Waals surface area contributed by atoms with Gasteiger partial charge in [-0.1, -0.05) is 44.2 Å². The number of amides is 1. The van der Waals surface area contributed by atoms with Gasteiger partial charge in [0.05, 0.1) is 25.6 Å². The van der Waals surface area contributed by atoms with Crippen molar-refractivity contribution in [3.63, 3.8) is 0 Å². The van der Waals surface area contributed by atoms with Crippen molar-refractivity contribution >= 4 is 16.2 Å². The maximum atomic E-state index is 12.5. The number of piperidine rings is 1. The van der Waals surface area contributed by atoms with Crippen molar-refractivity contribution in [3.8, 4) is 0 Å². The molecule has 0 aromatic heterocycles. The Morgan fingerprint density at radius 1 is 1.17 bits per heavy atom. The quantitative estimate of drug-likeness (QED) is 0.459. The van der Waals surface area contributed by atoms with Gasteiger partial charge in [-0.3, -0.25) is 4.18 Å². The van der Waals surface area contributed by atoms with E-state index < -0.39 is 15.7 Å². The van der Waals surface area contributed by atoms with Crippen LogP contribution in [-0.2, 0) is 23.8 Å². The lowest BCUT2D eigenvalue weighted by Crippen LogP contribution is -2.44. The van der Waals surface area contributed by atoms with Gasteiger partial charge in [0.2, 0.25) is 0 Å². The highest BCUT2D eigenvalue weighted by atomic mass is 32.2. The van der Waals surface area contributed by atoms with Crippen LogP contribution in [0.3, 0.4) is 0 Å². The van der Waals surface area contributed by atoms with E-state index in [2.05, 4.69) is 0 Å². The zero-order chi connectivity index (χ0) is 22.8. The van der Waals surface area contributed by atoms with Gasteiger partial charge in [-0.2, -0.15) is 8.42 Å². The summed E-state index contributed by atoms with van der Waals surface area (Å²) in [6.07, 6.45) is 2.21. The summed E-state index contributed by atoms with van der Waals surface area (Å²) in [6.45, 7) is 10.9. The Morgan fingerprint density at radius 3 is 2.37 bits per heavy atom. The number of carbonyl (C=O) groups excluding carboxylic acids is 1. The van der Waals surface area contributed by atoms with E-state index in [9.17, 15) is 13.2 Å². The summed E-state index contributed by atoms with van der Waals surface area (Å²) >= 11 is 0. The van der Waals surface area contributed by atoms with Crippen molar-refractivity contribution in [2.24, 2.45) is 5.92 Å². The second kappa shape index (κ2) is 12.3. The lowest BCUT2D eigenvalue weighted by Gasteiger charge is -2.37. The molecule has 1 amide bonds. The largest absolute Gasteiger partial charge is 0.444 e. The lowest BCUT2D eigenvalue weighted by molar-refractivity contribution is -0.0322. The third kappa shape index (κ3) is 9.91. The van der Waals surface area contributed by atoms with Crippen molar-refractivity contribution < 1.29 is 26.9 Å². The predicted molar refractivity (Wildman–Crippen MR) is 118 cm³/mol. The molecule has 0 aliphatic carbocycles. The minimum absolute atomic E-state index is 0.0370. The molecule has 0 N–H and O–H groups in total. The van der Waals surface area contributed by atoms with Crippen molar-refractivity contribution in [2.75, 3.05) is 32.6 Å². The average Bonchev–Trinajstić information content (AvgIpc) is 2.68. The van der Waals surface area contributed by atoms with Crippen LogP contribution in [0.1, 0.15) is 59.1 Å². The summed E-state index contributed by atoms with van der Waals surface area (Å²) in [7, 11) is -3.50. The van der Waals surface area contributed by atoms with Crippen LogP contribution >= 0.6 is 0 Å². The first-order chi connectivity index (χ1) is 14.1. The van der Waals surface area contributed by atoms with Crippen LogP contribution in [0.15, 0.2) is 30.3 Å². The molecule has 8 heteroatoms. The van der Waals surface area contributed by atoms with Gasteiger partial charge in [0, 0.05) is 19.0 Å². The highest BCUT2D eigenvalue weighted by Gasteiger charge is 2.33. The second-order valence-electron chi connectivity index (χ2n) is 8.06. The molecule has 1 heterocycles. The van der Waals surface area contributed by atoms with E-state index in [0.717, 1.165) is 24.7 Å². The van der Waals surface area contributed by atoms with Crippen LogP contribution in [0.4, 0.5) is 4.79 Å². The van der Waals surface area contributed by atoms with Crippen molar-refractivity contribution in [2.45, 2.75) is 59.2 Å². The van der Waals surface area contributed by atoms with Gasteiger partial charge < -0.3 is 14.4 Å². The summed E-state index contributed by atoms with van der Waals surface area (Å²) in [6, 6.07) is 9.77. The fourth-order valence-corrected chi connectivity index (χ4v) is 3.63. The van der Waals surface area contributed by atoms with E-state index in [0.29, 0.717) is 13.1 Å². The summed E-state index contributed by atoms with van der Waals surface area (Å²) < 4.78 is 38.6. The highest BCUT2D eigenvalue weighted by molar-refractivity contribution is 7.85. The first kappa shape index (κ1) is 26.4. The minimum Gasteiger partial charge on any atom is -0.444 e. The second-order valence-corrected chi connectivity index (χ2v) is 9.70. The number of hydrogen-bond donors (Lipinski definition) is 0. The molecule has 1 aromatic rings. The molecule has 1 fully saturated rings. The summed E-state index contributed by atoms with van der Waals surface area (Å²) in [5, 5.41) is 0. The van der Waals surface area contributed by atoms with E-state index in [-0.39, 0.29) is 31.3 Å². The Bertz CT molecular complexity index is 730. The third-order valence-corrected chi connectivity index (χ3v) is 4.94. The number of carbonyl (C=O) groups is 1. The lowest BCUT2D eigenvalue weighted by atomic mass is 9.88. The Kier molecular flexibility index (Phi) is 10.8. The molecule has 0 bridgehead atoms. The molecule has 0 saturated carbocycles. The molecular weight excluding hydrogens is 406 g/mol. The number of ether oxygens (including phenoxy) is 2. The van der Waals surface area contributed by atoms with Gasteiger partial charge in [-0.15, -0.1) is 0 Å². The molecule has 2 atom stereocenters. The van der Waals surface area contributed by atoms with Crippen LogP contribution in [0.2, 0.25) is 0 Å². The van der Waals surface area contributed by atoms with Crippen molar-refractivity contribution in [1.29, 1.82) is 0 Å². The van der Waals surface area contributed by atoms with Crippen LogP contribution in [0.5, 0.6) is 0 Å². The van der Waals surface area contributed by atoms with Gasteiger partial charge in [0.1, 0.15) is 5.60 Å². The van der Waals surface area contributed by atoms with Gasteiger partial charge in [-0.25, -0.2) is 4.79 Å². The Balaban J connectivity index is 0.00000218. The topological polar surface area (TPSA) is 82.1 Å². The average molecular weight is 444 g/mol. The Labute approximate surface area is 181 Å². The van der Waals surface area contributed by atoms with E-state index in [4.69, 9.17) is 13.7 Å². The number of benzene rings is 1. The van der Waals surface area contributed by atoms with Crippen LogP contribution in [0, 0.1) is 5.92 Å². The maximum Gasteiger partial charge on any atom is 0.410 e. The molecule has 0 radical (unpaired) electrons. The van der Waals surface area contributed by atoms with Crippen LogP contribution in [0.25, 0.3) is 0 Å². The smallest absolute Gasteiger partial charge is 0.410 e. The maximum absolute atomic E-state index is 12.5. The molecular formula is C22H37NO6S. The Morgan fingerprint density at radius 2 is 1.80 bits per heavy atom. The van der Waals surface area contributed by atoms with Gasteiger partial charge in [0.25, 0.3) is 10.1 Å². The SMILES string of the molecule is CC.CC(C)(C)OC(=O)N1CCCC(C(OCCOS(C)(=O)=O)c2ccccc2)C1. The third-order valence-electron chi connectivity index (χ3n) is 4.34. The standard InChI is InChI=1S/C20H31NO6S.C2H6/c1-20(2,3)27-19(22)21-12-8-11-17(15-21)18(16-9-6-5-7-10-16)25-13-14-26-28(4,23)24;1-2/h5-7,9-10,17-18H,8,11-15H2,1-4H3;1-2H3. The molecule has 1 saturated heterocycles. The fourth-order valence-electron chi connectivity index (χ4n) is 3.26. The molecule has 2 unspecified atom stereocenters. The molecule has 0 spiro atoms. The molecule has 1 aromatic carbocycles. The van der Waals surface area contributed by atoms with Crippen LogP contribution in [-0.4, -0.2) is 57.6 Å². The summed E-state index contributed by atoms with van der Waals surface area (Å²) in [4.78, 5) is 14.2. The minimum atomic E-state index is -3.50. The van der Waals surface area contributed by atoms with Gasteiger partial charge >= 0.3 is 6.09 Å². The fraction of sp³-hybridized carbons (Fsp3) is 0.682.